The van der Waals surface area contributed by atoms with Crippen molar-refractivity contribution in [2.75, 3.05) is 0 Å². The quantitative estimate of drug-likeness (QED) is 0.771. The Bertz CT molecular complexity index is 460. The van der Waals surface area contributed by atoms with Gasteiger partial charge in [-0.2, -0.15) is 0 Å². The molecule has 1 aromatic carbocycles. The summed E-state index contributed by atoms with van der Waals surface area (Å²) in [6.07, 6.45) is 3.49. The summed E-state index contributed by atoms with van der Waals surface area (Å²) in [5, 5.41) is 0.625. The molecule has 1 aromatic rings. The summed E-state index contributed by atoms with van der Waals surface area (Å²) in [6, 6.07) is 8.22. The van der Waals surface area contributed by atoms with E-state index in [1.807, 2.05) is 19.1 Å². The maximum absolute atomic E-state index is 12.6. The highest BCUT2D eigenvalue weighted by Crippen LogP contribution is 2.29. The maximum atomic E-state index is 12.6. The van der Waals surface area contributed by atoms with Crippen LogP contribution in [-0.4, -0.2) is 28.8 Å². The number of ketones is 1. The predicted octanol–water partition coefficient (Wildman–Crippen LogP) is 4.17. The Morgan fingerprint density at radius 2 is 2.21 bits per heavy atom. The van der Waals surface area contributed by atoms with E-state index in [-0.39, 0.29) is 11.8 Å². The zero-order valence-corrected chi connectivity index (χ0v) is 12.7. The number of rotatable bonds is 4. The molecular formula is C16H22ClNO. The van der Waals surface area contributed by atoms with Crippen LogP contribution in [0.1, 0.15) is 50.4 Å². The van der Waals surface area contributed by atoms with Gasteiger partial charge in [-0.1, -0.05) is 30.7 Å². The minimum atomic E-state index is -0.0686. The molecule has 0 aliphatic carbocycles. The zero-order valence-electron chi connectivity index (χ0n) is 11.9. The van der Waals surface area contributed by atoms with Gasteiger partial charge in [0.15, 0.2) is 5.78 Å². The second-order valence-corrected chi connectivity index (χ2v) is 5.92. The van der Waals surface area contributed by atoms with Gasteiger partial charge < -0.3 is 0 Å². The van der Waals surface area contributed by atoms with Crippen LogP contribution in [0.15, 0.2) is 24.3 Å². The molecule has 0 radical (unpaired) electrons. The van der Waals surface area contributed by atoms with Gasteiger partial charge in [0.05, 0.1) is 6.04 Å². The first kappa shape index (κ1) is 14.5. The fraction of sp³-hybridized carbons (Fsp3) is 0.562. The van der Waals surface area contributed by atoms with Crippen molar-refractivity contribution in [1.29, 1.82) is 0 Å². The minimum absolute atomic E-state index is 0.0686. The minimum Gasteiger partial charge on any atom is -0.292 e. The Balaban J connectivity index is 2.19. The van der Waals surface area contributed by atoms with Gasteiger partial charge in [0.25, 0.3) is 0 Å². The number of carbonyl (C=O) groups excluding carboxylic acids is 1. The molecule has 2 nitrogen and oxygen atoms in total. The molecule has 1 heterocycles. The number of Topliss-reactive ketones (excluding diaryl/α,β-unsaturated/α-hetero) is 1. The van der Waals surface area contributed by atoms with Gasteiger partial charge in [0.1, 0.15) is 0 Å². The standard InChI is InChI=1S/C16H22ClNO/c1-4-15-9-8-11(2)18(15)12(3)16(19)13-6-5-7-14(17)10-13/h5-7,10-12,15H,4,8-9H2,1-3H3. The second-order valence-electron chi connectivity index (χ2n) is 5.49. The summed E-state index contributed by atoms with van der Waals surface area (Å²) >= 11 is 5.97. The summed E-state index contributed by atoms with van der Waals surface area (Å²) in [5.74, 6) is 0.176. The third-order valence-corrected chi connectivity index (χ3v) is 4.49. The SMILES string of the molecule is CCC1CCC(C)N1C(C)C(=O)c1cccc(Cl)c1. The molecule has 1 aliphatic rings. The van der Waals surface area contributed by atoms with Crippen LogP contribution >= 0.6 is 11.6 Å². The molecule has 0 amide bonds. The lowest BCUT2D eigenvalue weighted by atomic mass is 10.0. The molecule has 0 aromatic heterocycles. The largest absolute Gasteiger partial charge is 0.292 e. The molecule has 1 aliphatic heterocycles. The fourth-order valence-corrected chi connectivity index (χ4v) is 3.41. The molecule has 104 valence electrons. The van der Waals surface area contributed by atoms with E-state index in [1.54, 1.807) is 12.1 Å². The number of hydrogen-bond donors (Lipinski definition) is 0. The summed E-state index contributed by atoms with van der Waals surface area (Å²) in [7, 11) is 0. The number of hydrogen-bond acceptors (Lipinski definition) is 2. The van der Waals surface area contributed by atoms with Crippen molar-refractivity contribution in [3.8, 4) is 0 Å². The first-order valence-electron chi connectivity index (χ1n) is 7.11. The van der Waals surface area contributed by atoms with Crippen molar-refractivity contribution in [1.82, 2.24) is 4.90 Å². The van der Waals surface area contributed by atoms with Gasteiger partial charge in [-0.3, -0.25) is 9.69 Å². The van der Waals surface area contributed by atoms with Gasteiger partial charge in [0, 0.05) is 22.7 Å². The van der Waals surface area contributed by atoms with E-state index in [2.05, 4.69) is 18.7 Å². The summed E-state index contributed by atoms with van der Waals surface area (Å²) < 4.78 is 0. The third-order valence-electron chi connectivity index (χ3n) is 4.26. The summed E-state index contributed by atoms with van der Waals surface area (Å²) in [6.45, 7) is 6.44. The van der Waals surface area contributed by atoms with Crippen LogP contribution in [0.5, 0.6) is 0 Å². The van der Waals surface area contributed by atoms with E-state index in [0.29, 0.717) is 22.7 Å². The predicted molar refractivity (Wildman–Crippen MR) is 79.9 cm³/mol. The lowest BCUT2D eigenvalue weighted by Crippen LogP contribution is -2.45. The van der Waals surface area contributed by atoms with Crippen molar-refractivity contribution in [3.63, 3.8) is 0 Å². The van der Waals surface area contributed by atoms with Crippen molar-refractivity contribution < 1.29 is 4.79 Å². The Labute approximate surface area is 120 Å². The van der Waals surface area contributed by atoms with Gasteiger partial charge in [-0.25, -0.2) is 0 Å². The van der Waals surface area contributed by atoms with Gasteiger partial charge >= 0.3 is 0 Å². The zero-order chi connectivity index (χ0) is 14.0. The van der Waals surface area contributed by atoms with Crippen LogP contribution in [0.4, 0.5) is 0 Å². The Kier molecular flexibility index (Phi) is 4.64. The number of benzene rings is 1. The molecule has 0 N–H and O–H groups in total. The van der Waals surface area contributed by atoms with E-state index in [9.17, 15) is 4.79 Å². The monoisotopic (exact) mass is 279 g/mol. The Morgan fingerprint density at radius 1 is 1.47 bits per heavy atom. The van der Waals surface area contributed by atoms with Crippen molar-refractivity contribution in [2.45, 2.75) is 58.2 Å². The molecule has 0 spiro atoms. The van der Waals surface area contributed by atoms with Gasteiger partial charge in [0.2, 0.25) is 0 Å². The highest BCUT2D eigenvalue weighted by atomic mass is 35.5. The topological polar surface area (TPSA) is 20.3 Å². The molecule has 0 bridgehead atoms. The average molecular weight is 280 g/mol. The molecule has 1 fully saturated rings. The first-order chi connectivity index (χ1) is 9.04. The van der Waals surface area contributed by atoms with Crippen LogP contribution in [0.2, 0.25) is 5.02 Å². The van der Waals surface area contributed by atoms with E-state index < -0.39 is 0 Å². The van der Waals surface area contributed by atoms with Crippen LogP contribution < -0.4 is 0 Å². The van der Waals surface area contributed by atoms with Crippen molar-refractivity contribution in [3.05, 3.63) is 34.9 Å². The van der Waals surface area contributed by atoms with Crippen LogP contribution in [0, 0.1) is 0 Å². The number of likely N-dealkylation sites (tertiary alicyclic amines) is 1. The smallest absolute Gasteiger partial charge is 0.179 e. The molecule has 3 unspecified atom stereocenters. The highest BCUT2D eigenvalue weighted by molar-refractivity contribution is 6.31. The Hall–Kier alpha value is -0.860. The molecule has 0 saturated carbocycles. The van der Waals surface area contributed by atoms with Crippen molar-refractivity contribution >= 4 is 17.4 Å². The number of carbonyl (C=O) groups is 1. The molecule has 3 atom stereocenters. The second kappa shape index (κ2) is 6.06. The summed E-state index contributed by atoms with van der Waals surface area (Å²) in [4.78, 5) is 15.0. The highest BCUT2D eigenvalue weighted by Gasteiger charge is 2.35. The van der Waals surface area contributed by atoms with E-state index in [0.717, 1.165) is 6.42 Å². The first-order valence-corrected chi connectivity index (χ1v) is 7.49. The van der Waals surface area contributed by atoms with Crippen molar-refractivity contribution in [2.24, 2.45) is 0 Å². The van der Waals surface area contributed by atoms with E-state index >= 15 is 0 Å². The van der Waals surface area contributed by atoms with Crippen LogP contribution in [-0.2, 0) is 0 Å². The van der Waals surface area contributed by atoms with Gasteiger partial charge in [-0.15, -0.1) is 0 Å². The normalized spacial score (nSPS) is 25.5. The molecule has 3 heteroatoms. The van der Waals surface area contributed by atoms with E-state index in [4.69, 9.17) is 11.6 Å². The molecular weight excluding hydrogens is 258 g/mol. The van der Waals surface area contributed by atoms with Crippen LogP contribution in [0.3, 0.4) is 0 Å². The lowest BCUT2D eigenvalue weighted by Gasteiger charge is -2.33. The molecule has 2 rings (SSSR count). The van der Waals surface area contributed by atoms with E-state index in [1.165, 1.54) is 12.8 Å². The number of halogens is 1. The lowest BCUT2D eigenvalue weighted by molar-refractivity contribution is 0.0755. The fourth-order valence-electron chi connectivity index (χ4n) is 3.22. The number of nitrogens with zero attached hydrogens (tertiary/aromatic N) is 1. The Morgan fingerprint density at radius 3 is 2.84 bits per heavy atom. The van der Waals surface area contributed by atoms with Gasteiger partial charge in [-0.05, 0) is 45.2 Å². The average Bonchev–Trinajstić information content (AvgIpc) is 2.78. The molecule has 19 heavy (non-hydrogen) atoms. The summed E-state index contributed by atoms with van der Waals surface area (Å²) in [5.41, 5.74) is 0.717. The maximum Gasteiger partial charge on any atom is 0.179 e. The molecule has 1 saturated heterocycles. The van der Waals surface area contributed by atoms with Crippen LogP contribution in [0.25, 0.3) is 0 Å². The third kappa shape index (κ3) is 3.01.